The van der Waals surface area contributed by atoms with E-state index in [0.717, 1.165) is 27.8 Å². The number of hydrogen-bond acceptors (Lipinski definition) is 6. The first-order valence-electron chi connectivity index (χ1n) is 10.9. The quantitative estimate of drug-likeness (QED) is 0.571. The highest BCUT2D eigenvalue weighted by Gasteiger charge is 2.32. The van der Waals surface area contributed by atoms with Crippen LogP contribution in [0.4, 0.5) is 0 Å². The van der Waals surface area contributed by atoms with Gasteiger partial charge in [0.05, 0.1) is 11.3 Å². The summed E-state index contributed by atoms with van der Waals surface area (Å²) in [5.74, 6) is 0.998. The maximum atomic E-state index is 13.3. The molecule has 8 nitrogen and oxygen atoms in total. The summed E-state index contributed by atoms with van der Waals surface area (Å²) < 4.78 is 33.0. The van der Waals surface area contributed by atoms with Crippen molar-refractivity contribution >= 4 is 15.9 Å². The number of benzene rings is 2. The van der Waals surface area contributed by atoms with Crippen LogP contribution in [0.1, 0.15) is 28.1 Å². The molecule has 0 bridgehead atoms. The first-order chi connectivity index (χ1) is 15.6. The predicted molar refractivity (Wildman–Crippen MR) is 124 cm³/mol. The Bertz CT molecular complexity index is 1250. The van der Waals surface area contributed by atoms with Crippen LogP contribution in [0, 0.1) is 27.7 Å². The molecule has 0 N–H and O–H groups in total. The van der Waals surface area contributed by atoms with Gasteiger partial charge in [-0.15, -0.1) is 0 Å². The van der Waals surface area contributed by atoms with Gasteiger partial charge in [0.1, 0.15) is 0 Å². The minimum Gasteiger partial charge on any atom is -0.340 e. The van der Waals surface area contributed by atoms with Gasteiger partial charge >= 0.3 is 0 Å². The van der Waals surface area contributed by atoms with Crippen molar-refractivity contribution in [3.05, 3.63) is 64.5 Å². The highest BCUT2D eigenvalue weighted by Crippen LogP contribution is 2.26. The molecule has 2 heterocycles. The zero-order valence-electron chi connectivity index (χ0n) is 19.3. The van der Waals surface area contributed by atoms with Gasteiger partial charge in [-0.25, -0.2) is 8.42 Å². The third kappa shape index (κ3) is 4.84. The van der Waals surface area contributed by atoms with E-state index in [-0.39, 0.29) is 25.4 Å². The SMILES string of the molecule is Cc1cc(C)c(S(=O)(=O)N2CCN(C(=O)Cc3ccc(-c4noc(C)n4)cc3)CC2)c(C)c1. The van der Waals surface area contributed by atoms with Gasteiger partial charge in [0.25, 0.3) is 0 Å². The summed E-state index contributed by atoms with van der Waals surface area (Å²) in [4.78, 5) is 19.1. The molecule has 3 aromatic rings. The van der Waals surface area contributed by atoms with Crippen LogP contribution >= 0.6 is 0 Å². The average molecular weight is 469 g/mol. The van der Waals surface area contributed by atoms with Crippen molar-refractivity contribution in [1.82, 2.24) is 19.3 Å². The van der Waals surface area contributed by atoms with E-state index in [1.807, 2.05) is 57.2 Å². The van der Waals surface area contributed by atoms with Crippen LogP contribution in [0.25, 0.3) is 11.4 Å². The standard InChI is InChI=1S/C24H28N4O4S/c1-16-13-17(2)23(18(3)14-16)33(30,31)28-11-9-27(10-12-28)22(29)15-20-5-7-21(8-6-20)24-25-19(4)32-26-24/h5-8,13-14H,9-12,15H2,1-4H3. The third-order valence-electron chi connectivity index (χ3n) is 5.89. The van der Waals surface area contributed by atoms with Crippen molar-refractivity contribution in [2.75, 3.05) is 26.2 Å². The van der Waals surface area contributed by atoms with Gasteiger partial charge in [0, 0.05) is 38.7 Å². The summed E-state index contributed by atoms with van der Waals surface area (Å²) in [6, 6.07) is 11.3. The Balaban J connectivity index is 1.38. The molecular formula is C24H28N4O4S. The summed E-state index contributed by atoms with van der Waals surface area (Å²) >= 11 is 0. The second-order valence-corrected chi connectivity index (χ2v) is 10.4. The molecule has 1 amide bonds. The van der Waals surface area contributed by atoms with E-state index in [2.05, 4.69) is 10.1 Å². The van der Waals surface area contributed by atoms with Crippen molar-refractivity contribution < 1.29 is 17.7 Å². The summed E-state index contributed by atoms with van der Waals surface area (Å²) in [6.07, 6.45) is 0.258. The number of carbonyl (C=O) groups is 1. The van der Waals surface area contributed by atoms with E-state index < -0.39 is 10.0 Å². The highest BCUT2D eigenvalue weighted by molar-refractivity contribution is 7.89. The molecule has 2 aromatic carbocycles. The number of aromatic nitrogens is 2. The molecule has 1 aliphatic rings. The van der Waals surface area contributed by atoms with Crippen molar-refractivity contribution in [2.24, 2.45) is 0 Å². The number of sulfonamides is 1. The molecule has 0 radical (unpaired) electrons. The molecular weight excluding hydrogens is 440 g/mol. The van der Waals surface area contributed by atoms with Crippen LogP contribution in [0.5, 0.6) is 0 Å². The maximum absolute atomic E-state index is 13.3. The third-order valence-corrected chi connectivity index (χ3v) is 8.09. The molecule has 9 heteroatoms. The number of aryl methyl sites for hydroxylation is 4. The summed E-state index contributed by atoms with van der Waals surface area (Å²) in [7, 11) is -3.60. The van der Waals surface area contributed by atoms with Crippen LogP contribution in [-0.2, 0) is 21.2 Å². The lowest BCUT2D eigenvalue weighted by Gasteiger charge is -2.34. The predicted octanol–water partition coefficient (Wildman–Crippen LogP) is 3.05. The van der Waals surface area contributed by atoms with Crippen molar-refractivity contribution in [3.8, 4) is 11.4 Å². The molecule has 1 aliphatic heterocycles. The number of rotatable bonds is 5. The van der Waals surface area contributed by atoms with Gasteiger partial charge in [-0.05, 0) is 37.5 Å². The number of hydrogen-bond donors (Lipinski definition) is 0. The Morgan fingerprint density at radius 1 is 0.970 bits per heavy atom. The first-order valence-corrected chi connectivity index (χ1v) is 12.3. The summed E-state index contributed by atoms with van der Waals surface area (Å²) in [5, 5.41) is 3.90. The Morgan fingerprint density at radius 2 is 1.58 bits per heavy atom. The molecule has 33 heavy (non-hydrogen) atoms. The van der Waals surface area contributed by atoms with Gasteiger partial charge < -0.3 is 9.42 Å². The van der Waals surface area contributed by atoms with Crippen LogP contribution < -0.4 is 0 Å². The molecule has 0 atom stereocenters. The normalized spacial score (nSPS) is 15.1. The largest absolute Gasteiger partial charge is 0.340 e. The fourth-order valence-electron chi connectivity index (χ4n) is 4.36. The van der Waals surface area contributed by atoms with E-state index in [4.69, 9.17) is 4.52 Å². The van der Waals surface area contributed by atoms with Gasteiger partial charge in [0.15, 0.2) is 0 Å². The minimum absolute atomic E-state index is 0.0158. The fourth-order valence-corrected chi connectivity index (χ4v) is 6.19. The zero-order chi connectivity index (χ0) is 23.8. The second kappa shape index (κ2) is 9.07. The van der Waals surface area contributed by atoms with Gasteiger partial charge in [-0.1, -0.05) is 47.1 Å². The molecule has 4 rings (SSSR count). The Hall–Kier alpha value is -3.04. The molecule has 1 saturated heterocycles. The van der Waals surface area contributed by atoms with Crippen LogP contribution in [0.3, 0.4) is 0 Å². The summed E-state index contributed by atoms with van der Waals surface area (Å²) in [5.41, 5.74) is 4.25. The molecule has 1 fully saturated rings. The van der Waals surface area contributed by atoms with E-state index in [1.54, 1.807) is 11.8 Å². The first kappa shape index (κ1) is 23.1. The minimum atomic E-state index is -3.60. The molecule has 0 spiro atoms. The number of nitrogens with zero attached hydrogens (tertiary/aromatic N) is 4. The second-order valence-electron chi connectivity index (χ2n) is 8.52. The summed E-state index contributed by atoms with van der Waals surface area (Å²) in [6.45, 7) is 8.69. The topological polar surface area (TPSA) is 96.6 Å². The van der Waals surface area contributed by atoms with Gasteiger partial charge in [-0.3, -0.25) is 4.79 Å². The number of piperazine rings is 1. The lowest BCUT2D eigenvalue weighted by atomic mass is 10.1. The maximum Gasteiger partial charge on any atom is 0.243 e. The highest BCUT2D eigenvalue weighted by atomic mass is 32.2. The fraction of sp³-hybridized carbons (Fsp3) is 0.375. The Morgan fingerprint density at radius 3 is 2.12 bits per heavy atom. The van der Waals surface area contributed by atoms with E-state index in [0.29, 0.717) is 29.7 Å². The molecule has 1 aromatic heterocycles. The van der Waals surface area contributed by atoms with Gasteiger partial charge in [-0.2, -0.15) is 9.29 Å². The van der Waals surface area contributed by atoms with Crippen LogP contribution in [0.15, 0.2) is 45.8 Å². The van der Waals surface area contributed by atoms with Crippen molar-refractivity contribution in [3.63, 3.8) is 0 Å². The van der Waals surface area contributed by atoms with Crippen LogP contribution in [-0.4, -0.2) is 59.8 Å². The average Bonchev–Trinajstić information content (AvgIpc) is 3.19. The smallest absolute Gasteiger partial charge is 0.243 e. The monoisotopic (exact) mass is 468 g/mol. The van der Waals surface area contributed by atoms with E-state index >= 15 is 0 Å². The van der Waals surface area contributed by atoms with Crippen LogP contribution in [0.2, 0.25) is 0 Å². The zero-order valence-corrected chi connectivity index (χ0v) is 20.1. The van der Waals surface area contributed by atoms with Gasteiger partial charge in [0.2, 0.25) is 27.6 Å². The number of amides is 1. The molecule has 174 valence electrons. The molecule has 0 saturated carbocycles. The van der Waals surface area contributed by atoms with E-state index in [9.17, 15) is 13.2 Å². The lowest BCUT2D eigenvalue weighted by Crippen LogP contribution is -2.51. The Kier molecular flexibility index (Phi) is 6.36. The molecule has 0 aliphatic carbocycles. The van der Waals surface area contributed by atoms with Crippen molar-refractivity contribution in [1.29, 1.82) is 0 Å². The number of carbonyl (C=O) groups excluding carboxylic acids is 1. The lowest BCUT2D eigenvalue weighted by molar-refractivity contribution is -0.131. The van der Waals surface area contributed by atoms with Crippen molar-refractivity contribution in [2.45, 2.75) is 39.0 Å². The van der Waals surface area contributed by atoms with E-state index in [1.165, 1.54) is 4.31 Å². The Labute approximate surface area is 194 Å². The molecule has 0 unspecified atom stereocenters.